The van der Waals surface area contributed by atoms with Crippen LogP contribution in [0.4, 0.5) is 5.69 Å². The topological polar surface area (TPSA) is 114 Å². The molecule has 8 nitrogen and oxygen atoms in total. The smallest absolute Gasteiger partial charge is 0.311 e. The van der Waals surface area contributed by atoms with Crippen molar-refractivity contribution < 1.29 is 19.6 Å². The number of carbonyl (C=O) groups is 1. The summed E-state index contributed by atoms with van der Waals surface area (Å²) in [5.74, 6) is -0.515. The Kier molecular flexibility index (Phi) is 6.07. The number of amides is 1. The average molecular weight is 408 g/mol. The summed E-state index contributed by atoms with van der Waals surface area (Å²) >= 11 is 3.28. The monoisotopic (exact) mass is 407 g/mol. The Bertz CT molecular complexity index is 839. The van der Waals surface area contributed by atoms with Crippen molar-refractivity contribution >= 4 is 33.7 Å². The van der Waals surface area contributed by atoms with Gasteiger partial charge in [0.2, 0.25) is 0 Å². The Morgan fingerprint density at radius 1 is 1.40 bits per heavy atom. The number of nitro benzene ring substituents is 1. The van der Waals surface area contributed by atoms with Crippen LogP contribution in [0.3, 0.4) is 0 Å². The largest absolute Gasteiger partial charge is 0.508 e. The fraction of sp³-hybridized carbons (Fsp3) is 0.125. The SMILES string of the molecule is Cc1ccc(OCC(=O)N/N=C\c2cc(O)ccc2Br)c([N+](=O)[O-])c1. The van der Waals surface area contributed by atoms with Crippen LogP contribution in [-0.2, 0) is 4.79 Å². The number of rotatable bonds is 6. The molecule has 0 radical (unpaired) electrons. The molecule has 0 aliphatic carbocycles. The van der Waals surface area contributed by atoms with Gasteiger partial charge < -0.3 is 9.84 Å². The van der Waals surface area contributed by atoms with E-state index in [4.69, 9.17) is 4.74 Å². The zero-order valence-corrected chi connectivity index (χ0v) is 14.7. The van der Waals surface area contributed by atoms with Crippen LogP contribution in [-0.4, -0.2) is 28.8 Å². The van der Waals surface area contributed by atoms with Crippen LogP contribution in [0.5, 0.6) is 11.5 Å². The first-order chi connectivity index (χ1) is 11.9. The fourth-order valence-electron chi connectivity index (χ4n) is 1.87. The second-order valence-electron chi connectivity index (χ2n) is 5.02. The molecular formula is C16H14BrN3O5. The summed E-state index contributed by atoms with van der Waals surface area (Å²) in [5.41, 5.74) is 3.31. The molecule has 0 heterocycles. The van der Waals surface area contributed by atoms with Gasteiger partial charge in [0.05, 0.1) is 11.1 Å². The lowest BCUT2D eigenvalue weighted by Gasteiger charge is -2.06. The summed E-state index contributed by atoms with van der Waals surface area (Å²) < 4.78 is 5.87. The van der Waals surface area contributed by atoms with Crippen LogP contribution in [0.2, 0.25) is 0 Å². The molecule has 9 heteroatoms. The first kappa shape index (κ1) is 18.4. The Morgan fingerprint density at radius 2 is 2.16 bits per heavy atom. The van der Waals surface area contributed by atoms with Gasteiger partial charge >= 0.3 is 5.69 Å². The normalized spacial score (nSPS) is 10.6. The molecule has 0 aliphatic rings. The van der Waals surface area contributed by atoms with Crippen molar-refractivity contribution in [3.63, 3.8) is 0 Å². The predicted octanol–water partition coefficient (Wildman–Crippen LogP) is 2.90. The lowest BCUT2D eigenvalue weighted by Crippen LogP contribution is -2.24. The summed E-state index contributed by atoms with van der Waals surface area (Å²) in [6.45, 7) is 1.29. The number of carbonyl (C=O) groups excluding carboxylic acids is 1. The van der Waals surface area contributed by atoms with Crippen LogP contribution in [0, 0.1) is 17.0 Å². The van der Waals surface area contributed by atoms with E-state index in [0.717, 1.165) is 0 Å². The van der Waals surface area contributed by atoms with Crippen molar-refractivity contribution in [2.45, 2.75) is 6.92 Å². The minimum absolute atomic E-state index is 0.00505. The molecule has 0 aromatic heterocycles. The molecule has 0 spiro atoms. The minimum Gasteiger partial charge on any atom is -0.508 e. The molecule has 1 amide bonds. The van der Waals surface area contributed by atoms with E-state index in [2.05, 4.69) is 26.5 Å². The highest BCUT2D eigenvalue weighted by atomic mass is 79.9. The van der Waals surface area contributed by atoms with Gasteiger partial charge in [-0.15, -0.1) is 0 Å². The van der Waals surface area contributed by atoms with Crippen LogP contribution < -0.4 is 10.2 Å². The highest BCUT2D eigenvalue weighted by molar-refractivity contribution is 9.10. The van der Waals surface area contributed by atoms with Gasteiger partial charge in [-0.3, -0.25) is 14.9 Å². The number of phenolic OH excluding ortho intramolecular Hbond substituents is 1. The van der Waals surface area contributed by atoms with Gasteiger partial charge in [0, 0.05) is 16.1 Å². The Morgan fingerprint density at radius 3 is 2.88 bits per heavy atom. The summed E-state index contributed by atoms with van der Waals surface area (Å²) in [4.78, 5) is 22.1. The van der Waals surface area contributed by atoms with Gasteiger partial charge in [0.1, 0.15) is 5.75 Å². The first-order valence-corrected chi connectivity index (χ1v) is 7.84. The molecule has 2 N–H and O–H groups in total. The van der Waals surface area contributed by atoms with Crippen LogP contribution in [0.15, 0.2) is 46.0 Å². The van der Waals surface area contributed by atoms with E-state index in [9.17, 15) is 20.0 Å². The molecule has 2 aromatic carbocycles. The van der Waals surface area contributed by atoms with Crippen molar-refractivity contribution in [1.82, 2.24) is 5.43 Å². The van der Waals surface area contributed by atoms with E-state index in [1.807, 2.05) is 0 Å². The molecule has 0 aliphatic heterocycles. The number of nitrogens with zero attached hydrogens (tertiary/aromatic N) is 2. The van der Waals surface area contributed by atoms with Crippen molar-refractivity contribution in [3.8, 4) is 11.5 Å². The zero-order chi connectivity index (χ0) is 18.4. The average Bonchev–Trinajstić information content (AvgIpc) is 2.56. The molecule has 0 saturated carbocycles. The predicted molar refractivity (Wildman–Crippen MR) is 94.9 cm³/mol. The first-order valence-electron chi connectivity index (χ1n) is 7.05. The summed E-state index contributed by atoms with van der Waals surface area (Å²) in [6.07, 6.45) is 1.34. The van der Waals surface area contributed by atoms with Gasteiger partial charge in [-0.2, -0.15) is 5.10 Å². The van der Waals surface area contributed by atoms with E-state index in [1.165, 1.54) is 30.5 Å². The number of aryl methyl sites for hydroxylation is 1. The van der Waals surface area contributed by atoms with Gasteiger partial charge in [-0.05, 0) is 36.8 Å². The van der Waals surface area contributed by atoms with Crippen molar-refractivity contribution in [2.75, 3.05) is 6.61 Å². The maximum atomic E-state index is 11.7. The van der Waals surface area contributed by atoms with E-state index in [1.54, 1.807) is 19.1 Å². The number of nitro groups is 1. The molecule has 130 valence electrons. The number of aromatic hydroxyl groups is 1. The third kappa shape index (κ3) is 5.28. The van der Waals surface area contributed by atoms with Gasteiger partial charge in [-0.25, -0.2) is 5.43 Å². The molecule has 0 saturated heterocycles. The summed E-state index contributed by atoms with van der Waals surface area (Å²) in [5, 5.41) is 24.1. The lowest BCUT2D eigenvalue weighted by molar-refractivity contribution is -0.385. The number of nitrogens with one attached hydrogen (secondary N) is 1. The number of benzene rings is 2. The van der Waals surface area contributed by atoms with E-state index in [0.29, 0.717) is 15.6 Å². The second kappa shape index (κ2) is 8.25. The summed E-state index contributed by atoms with van der Waals surface area (Å²) in [7, 11) is 0. The lowest BCUT2D eigenvalue weighted by atomic mass is 10.2. The molecule has 25 heavy (non-hydrogen) atoms. The Hall–Kier alpha value is -2.94. The molecule has 0 fully saturated rings. The Labute approximate surface area is 151 Å². The van der Waals surface area contributed by atoms with E-state index < -0.39 is 17.4 Å². The van der Waals surface area contributed by atoms with E-state index >= 15 is 0 Å². The third-order valence-electron chi connectivity index (χ3n) is 3.04. The number of ether oxygens (including phenoxy) is 1. The number of phenols is 1. The maximum absolute atomic E-state index is 11.7. The highest BCUT2D eigenvalue weighted by Crippen LogP contribution is 2.27. The molecule has 2 aromatic rings. The minimum atomic E-state index is -0.581. The van der Waals surface area contributed by atoms with Crippen LogP contribution in [0.25, 0.3) is 0 Å². The van der Waals surface area contributed by atoms with Gasteiger partial charge in [0.25, 0.3) is 5.91 Å². The van der Waals surface area contributed by atoms with Gasteiger partial charge in [-0.1, -0.05) is 22.0 Å². The number of hydrazone groups is 1. The number of halogens is 1. The number of hydrogen-bond donors (Lipinski definition) is 2. The van der Waals surface area contributed by atoms with E-state index in [-0.39, 0.29) is 17.2 Å². The third-order valence-corrected chi connectivity index (χ3v) is 3.76. The van der Waals surface area contributed by atoms with Crippen molar-refractivity contribution in [3.05, 3.63) is 62.1 Å². The number of hydrogen-bond acceptors (Lipinski definition) is 6. The molecule has 0 atom stereocenters. The zero-order valence-electron chi connectivity index (χ0n) is 13.1. The van der Waals surface area contributed by atoms with Crippen molar-refractivity contribution in [1.29, 1.82) is 0 Å². The second-order valence-corrected chi connectivity index (χ2v) is 5.87. The fourth-order valence-corrected chi connectivity index (χ4v) is 2.22. The standard InChI is InChI=1S/C16H14BrN3O5/c1-10-2-5-15(14(6-10)20(23)24)25-9-16(22)19-18-8-11-7-12(21)3-4-13(11)17/h2-8,21H,9H2,1H3,(H,19,22)/b18-8-. The van der Waals surface area contributed by atoms with Gasteiger partial charge in [0.15, 0.2) is 12.4 Å². The molecule has 2 rings (SSSR count). The maximum Gasteiger partial charge on any atom is 0.311 e. The van der Waals surface area contributed by atoms with Crippen LogP contribution >= 0.6 is 15.9 Å². The molecular weight excluding hydrogens is 394 g/mol. The highest BCUT2D eigenvalue weighted by Gasteiger charge is 2.16. The molecule has 0 unspecified atom stereocenters. The quantitative estimate of drug-likeness (QED) is 0.434. The van der Waals surface area contributed by atoms with Crippen molar-refractivity contribution in [2.24, 2.45) is 5.10 Å². The summed E-state index contributed by atoms with van der Waals surface area (Å²) in [6, 6.07) is 9.06. The Balaban J connectivity index is 1.94. The van der Waals surface area contributed by atoms with Crippen LogP contribution in [0.1, 0.15) is 11.1 Å². The molecule has 0 bridgehead atoms.